The van der Waals surface area contributed by atoms with E-state index in [-0.39, 0.29) is 11.1 Å². The van der Waals surface area contributed by atoms with Crippen LogP contribution in [0, 0.1) is 0 Å². The van der Waals surface area contributed by atoms with Gasteiger partial charge in [-0.2, -0.15) is 0 Å². The molecule has 0 radical (unpaired) electrons. The molecule has 0 atom stereocenters. The van der Waals surface area contributed by atoms with Gasteiger partial charge in [0.2, 0.25) is 6.29 Å². The second-order valence-corrected chi connectivity index (χ2v) is 4.39. The minimum absolute atomic E-state index is 0.260. The maximum absolute atomic E-state index is 11.4. The van der Waals surface area contributed by atoms with E-state index in [0.717, 1.165) is 0 Å². The number of ether oxygens (including phenoxy) is 2. The lowest BCUT2D eigenvalue weighted by molar-refractivity contribution is -0.183. The zero-order chi connectivity index (χ0) is 14.3. The van der Waals surface area contributed by atoms with Crippen molar-refractivity contribution in [2.24, 2.45) is 0 Å². The Morgan fingerprint density at radius 2 is 1.44 bits per heavy atom. The predicted octanol–water partition coefficient (Wildman–Crippen LogP) is 1.50. The second kappa shape index (κ2) is 7.66. The summed E-state index contributed by atoms with van der Waals surface area (Å²) >= 11 is 0. The van der Waals surface area contributed by atoms with Crippen molar-refractivity contribution in [3.8, 4) is 0 Å². The summed E-state index contributed by atoms with van der Waals surface area (Å²) in [5.74, 6) is -1.15. The number of esters is 2. The fourth-order valence-corrected chi connectivity index (χ4v) is 0.945. The maximum atomic E-state index is 11.4. The largest absolute Gasteiger partial charge is 0.422 e. The van der Waals surface area contributed by atoms with Crippen LogP contribution in [0.1, 0.15) is 20.3 Å². The molecule has 0 heterocycles. The van der Waals surface area contributed by atoms with Crippen LogP contribution in [-0.4, -0.2) is 43.8 Å². The third kappa shape index (κ3) is 6.85. The molecule has 0 fully saturated rings. The van der Waals surface area contributed by atoms with E-state index in [2.05, 4.69) is 13.2 Å². The molecule has 0 aromatic heterocycles. The van der Waals surface area contributed by atoms with Gasteiger partial charge in [-0.25, -0.2) is 9.59 Å². The van der Waals surface area contributed by atoms with Gasteiger partial charge in [-0.1, -0.05) is 13.2 Å². The highest BCUT2D eigenvalue weighted by atomic mass is 16.7. The van der Waals surface area contributed by atoms with Crippen LogP contribution < -0.4 is 0 Å². The fraction of sp³-hybridized carbons (Fsp3) is 0.538. The van der Waals surface area contributed by atoms with E-state index in [0.29, 0.717) is 13.0 Å². The van der Waals surface area contributed by atoms with E-state index in [9.17, 15) is 9.59 Å². The zero-order valence-electron chi connectivity index (χ0n) is 11.5. The van der Waals surface area contributed by atoms with Gasteiger partial charge in [0.1, 0.15) is 0 Å². The van der Waals surface area contributed by atoms with Crippen molar-refractivity contribution in [2.75, 3.05) is 20.6 Å². The van der Waals surface area contributed by atoms with Crippen LogP contribution >= 0.6 is 0 Å². The maximum Gasteiger partial charge on any atom is 0.336 e. The normalized spacial score (nSPS) is 10.3. The van der Waals surface area contributed by atoms with Crippen molar-refractivity contribution >= 4 is 11.9 Å². The molecular weight excluding hydrogens is 234 g/mol. The van der Waals surface area contributed by atoms with Crippen LogP contribution in [0.3, 0.4) is 0 Å². The first-order valence-corrected chi connectivity index (χ1v) is 5.61. The number of nitrogens with zero attached hydrogens (tertiary/aromatic N) is 1. The van der Waals surface area contributed by atoms with Crippen LogP contribution in [0.25, 0.3) is 0 Å². The fourth-order valence-electron chi connectivity index (χ4n) is 0.945. The third-order valence-corrected chi connectivity index (χ3v) is 1.99. The van der Waals surface area contributed by atoms with Gasteiger partial charge >= 0.3 is 11.9 Å². The van der Waals surface area contributed by atoms with Crippen LogP contribution in [-0.2, 0) is 19.1 Å². The van der Waals surface area contributed by atoms with Gasteiger partial charge in [0.15, 0.2) is 0 Å². The van der Waals surface area contributed by atoms with E-state index in [1.165, 1.54) is 13.8 Å². The summed E-state index contributed by atoms with van der Waals surface area (Å²) in [7, 11) is 3.75. The van der Waals surface area contributed by atoms with Crippen molar-refractivity contribution in [1.82, 2.24) is 4.90 Å². The third-order valence-electron chi connectivity index (χ3n) is 1.99. The lowest BCUT2D eigenvalue weighted by Crippen LogP contribution is -2.29. The molecule has 0 bridgehead atoms. The molecule has 0 aliphatic rings. The van der Waals surface area contributed by atoms with Gasteiger partial charge in [-0.3, -0.25) is 0 Å². The molecule has 0 aromatic rings. The second-order valence-electron chi connectivity index (χ2n) is 4.39. The first-order chi connectivity index (χ1) is 8.23. The molecule has 0 aliphatic heterocycles. The SMILES string of the molecule is C=C(C)C(=O)OC(CCN(C)C)OC(=O)C(=C)C. The summed E-state index contributed by atoms with van der Waals surface area (Å²) in [6.45, 7) is 10.6. The van der Waals surface area contributed by atoms with Gasteiger partial charge < -0.3 is 14.4 Å². The summed E-state index contributed by atoms with van der Waals surface area (Å²) in [6.07, 6.45) is -0.522. The molecule has 0 N–H and O–H groups in total. The van der Waals surface area contributed by atoms with Gasteiger partial charge in [-0.05, 0) is 27.9 Å². The first-order valence-electron chi connectivity index (χ1n) is 5.61. The molecule has 0 spiro atoms. The van der Waals surface area contributed by atoms with Crippen LogP contribution in [0.4, 0.5) is 0 Å². The molecule has 0 aliphatic carbocycles. The molecule has 18 heavy (non-hydrogen) atoms. The summed E-state index contributed by atoms with van der Waals surface area (Å²) in [5, 5.41) is 0. The van der Waals surface area contributed by atoms with Crippen molar-refractivity contribution in [3.05, 3.63) is 24.3 Å². The Hall–Kier alpha value is -1.62. The molecule has 5 nitrogen and oxygen atoms in total. The van der Waals surface area contributed by atoms with Crippen molar-refractivity contribution in [3.63, 3.8) is 0 Å². The van der Waals surface area contributed by atoms with Crippen molar-refractivity contribution in [1.29, 1.82) is 0 Å². The molecule has 0 rings (SSSR count). The summed E-state index contributed by atoms with van der Waals surface area (Å²) in [6, 6.07) is 0. The summed E-state index contributed by atoms with van der Waals surface area (Å²) in [4.78, 5) is 24.7. The first kappa shape index (κ1) is 16.4. The lowest BCUT2D eigenvalue weighted by Gasteiger charge is -2.20. The molecule has 0 saturated carbocycles. The quantitative estimate of drug-likeness (QED) is 0.392. The summed E-state index contributed by atoms with van der Waals surface area (Å²) < 4.78 is 10.1. The highest BCUT2D eigenvalue weighted by molar-refractivity contribution is 5.88. The zero-order valence-corrected chi connectivity index (χ0v) is 11.5. The van der Waals surface area contributed by atoms with Gasteiger partial charge in [0.05, 0.1) is 0 Å². The minimum atomic E-state index is -0.916. The van der Waals surface area contributed by atoms with E-state index < -0.39 is 18.2 Å². The average Bonchev–Trinajstić information content (AvgIpc) is 2.25. The van der Waals surface area contributed by atoms with Crippen molar-refractivity contribution in [2.45, 2.75) is 26.6 Å². The Kier molecular flexibility index (Phi) is 6.97. The molecule has 0 aromatic carbocycles. The number of rotatable bonds is 7. The highest BCUT2D eigenvalue weighted by Gasteiger charge is 2.19. The lowest BCUT2D eigenvalue weighted by atomic mass is 10.3. The van der Waals surface area contributed by atoms with Crippen LogP contribution in [0.15, 0.2) is 24.3 Å². The Bertz CT molecular complexity index is 319. The minimum Gasteiger partial charge on any atom is -0.422 e. The topological polar surface area (TPSA) is 55.8 Å². The smallest absolute Gasteiger partial charge is 0.336 e. The Balaban J connectivity index is 4.51. The monoisotopic (exact) mass is 255 g/mol. The van der Waals surface area contributed by atoms with Crippen molar-refractivity contribution < 1.29 is 19.1 Å². The standard InChI is InChI=1S/C13H21NO4/c1-9(2)12(15)17-11(7-8-14(5)6)18-13(16)10(3)4/h11H,1,3,7-8H2,2,4-6H3. The highest BCUT2D eigenvalue weighted by Crippen LogP contribution is 2.08. The van der Waals surface area contributed by atoms with Gasteiger partial charge in [0.25, 0.3) is 0 Å². The Morgan fingerprint density at radius 3 is 1.72 bits per heavy atom. The molecular formula is C13H21NO4. The summed E-state index contributed by atoms with van der Waals surface area (Å²) in [5.41, 5.74) is 0.521. The Labute approximate surface area is 108 Å². The van der Waals surface area contributed by atoms with Crippen LogP contribution in [0.2, 0.25) is 0 Å². The van der Waals surface area contributed by atoms with E-state index in [1.807, 2.05) is 19.0 Å². The van der Waals surface area contributed by atoms with Gasteiger partial charge in [0, 0.05) is 24.1 Å². The predicted molar refractivity (Wildman–Crippen MR) is 68.8 cm³/mol. The van der Waals surface area contributed by atoms with E-state index in [1.54, 1.807) is 0 Å². The van der Waals surface area contributed by atoms with Gasteiger partial charge in [-0.15, -0.1) is 0 Å². The molecule has 0 saturated heterocycles. The van der Waals surface area contributed by atoms with E-state index >= 15 is 0 Å². The number of hydrogen-bond donors (Lipinski definition) is 0. The molecule has 102 valence electrons. The number of carbonyl (C=O) groups is 2. The molecule has 0 unspecified atom stereocenters. The molecule has 5 heteroatoms. The Morgan fingerprint density at radius 1 is 1.06 bits per heavy atom. The number of carbonyl (C=O) groups excluding carboxylic acids is 2. The van der Waals surface area contributed by atoms with Crippen LogP contribution in [0.5, 0.6) is 0 Å². The van der Waals surface area contributed by atoms with E-state index in [4.69, 9.17) is 9.47 Å². The number of hydrogen-bond acceptors (Lipinski definition) is 5. The molecule has 0 amide bonds. The average molecular weight is 255 g/mol.